The van der Waals surface area contributed by atoms with Crippen molar-refractivity contribution < 1.29 is 32.2 Å². The Bertz CT molecular complexity index is 312. The molecule has 0 radical (unpaired) electrons. The molecule has 0 fully saturated rings. The van der Waals surface area contributed by atoms with Crippen LogP contribution in [-0.4, -0.2) is 66.7 Å². The molecule has 8 heteroatoms. The summed E-state index contributed by atoms with van der Waals surface area (Å²) in [6.07, 6.45) is 0.569. The quantitative estimate of drug-likeness (QED) is 0.419. The van der Waals surface area contributed by atoms with E-state index in [1.807, 2.05) is 0 Å². The van der Waals surface area contributed by atoms with Crippen LogP contribution in [0.25, 0.3) is 0 Å². The van der Waals surface area contributed by atoms with Gasteiger partial charge in [-0.3, -0.25) is 0 Å². The second kappa shape index (κ2) is 10.1. The molecule has 0 heterocycles. The van der Waals surface area contributed by atoms with Crippen molar-refractivity contribution in [1.82, 2.24) is 0 Å². The molecule has 0 amide bonds. The third-order valence-corrected chi connectivity index (χ3v) is 2.79. The van der Waals surface area contributed by atoms with E-state index in [4.69, 9.17) is 9.47 Å². The predicted octanol–water partition coefficient (Wildman–Crippen LogP) is 0.237. The molecule has 0 spiro atoms. The normalized spacial score (nSPS) is 11.2. The van der Waals surface area contributed by atoms with Crippen molar-refractivity contribution in [2.75, 3.05) is 52.2 Å². The van der Waals surface area contributed by atoms with Gasteiger partial charge in [0.15, 0.2) is 0 Å². The van der Waals surface area contributed by atoms with E-state index in [1.54, 1.807) is 7.11 Å². The molecule has 7 nitrogen and oxygen atoms in total. The largest absolute Gasteiger partial charge is 0.508 e. The molecule has 0 aliphatic heterocycles. The fourth-order valence-electron chi connectivity index (χ4n) is 0.947. The molecule has 0 bridgehead atoms. The highest BCUT2D eigenvalue weighted by Crippen LogP contribution is 1.92. The van der Waals surface area contributed by atoms with E-state index in [2.05, 4.69) is 9.47 Å². The standard InChI is InChI=1S/C10H20O7S/c1-14-5-6-15-7-8-17-10(11)16-4-3-9-18(2,12)13/h3-9H2,1-2H3. The Morgan fingerprint density at radius 3 is 2.22 bits per heavy atom. The van der Waals surface area contributed by atoms with Gasteiger partial charge >= 0.3 is 6.16 Å². The van der Waals surface area contributed by atoms with Gasteiger partial charge < -0.3 is 18.9 Å². The highest BCUT2D eigenvalue weighted by atomic mass is 32.2. The van der Waals surface area contributed by atoms with Crippen LogP contribution in [0, 0.1) is 0 Å². The summed E-state index contributed by atoms with van der Waals surface area (Å²) in [6.45, 7) is 1.30. The molecular formula is C10H20O7S. The van der Waals surface area contributed by atoms with Crippen molar-refractivity contribution in [3.05, 3.63) is 0 Å². The third kappa shape index (κ3) is 13.2. The molecule has 0 saturated heterocycles. The monoisotopic (exact) mass is 284 g/mol. The molecule has 108 valence electrons. The number of carbonyl (C=O) groups is 1. The summed E-state index contributed by atoms with van der Waals surface area (Å²) < 4.78 is 40.7. The lowest BCUT2D eigenvalue weighted by atomic mass is 10.5. The zero-order chi connectivity index (χ0) is 13.9. The van der Waals surface area contributed by atoms with Gasteiger partial charge in [-0.1, -0.05) is 0 Å². The Kier molecular flexibility index (Phi) is 9.62. The number of carbonyl (C=O) groups excluding carboxylic acids is 1. The van der Waals surface area contributed by atoms with Gasteiger partial charge in [0.25, 0.3) is 0 Å². The average Bonchev–Trinajstić information content (AvgIpc) is 2.28. The number of sulfone groups is 1. The fraction of sp³-hybridized carbons (Fsp3) is 0.900. The van der Waals surface area contributed by atoms with Gasteiger partial charge in [-0.05, 0) is 6.42 Å². The van der Waals surface area contributed by atoms with Gasteiger partial charge in [-0.15, -0.1) is 0 Å². The van der Waals surface area contributed by atoms with Crippen LogP contribution < -0.4 is 0 Å². The van der Waals surface area contributed by atoms with E-state index in [-0.39, 0.29) is 32.0 Å². The summed E-state index contributed by atoms with van der Waals surface area (Å²) in [7, 11) is -1.45. The Balaban J connectivity index is 3.33. The van der Waals surface area contributed by atoms with Gasteiger partial charge in [0.1, 0.15) is 16.4 Å². The SMILES string of the molecule is COCCOCCOC(=O)OCCCS(C)(=O)=O. The van der Waals surface area contributed by atoms with Gasteiger partial charge in [-0.25, -0.2) is 13.2 Å². The molecule has 0 saturated carbocycles. The zero-order valence-electron chi connectivity index (χ0n) is 10.7. The Morgan fingerprint density at radius 2 is 1.61 bits per heavy atom. The van der Waals surface area contributed by atoms with Crippen LogP contribution in [0.5, 0.6) is 0 Å². The van der Waals surface area contributed by atoms with E-state index in [0.717, 1.165) is 6.26 Å². The molecule has 18 heavy (non-hydrogen) atoms. The summed E-state index contributed by atoms with van der Waals surface area (Å²) in [5.41, 5.74) is 0. The van der Waals surface area contributed by atoms with Gasteiger partial charge in [0.2, 0.25) is 0 Å². The van der Waals surface area contributed by atoms with Crippen LogP contribution in [0.3, 0.4) is 0 Å². The smallest absolute Gasteiger partial charge is 0.434 e. The predicted molar refractivity (Wildman–Crippen MR) is 64.3 cm³/mol. The van der Waals surface area contributed by atoms with Crippen molar-refractivity contribution in [1.29, 1.82) is 0 Å². The van der Waals surface area contributed by atoms with Gasteiger partial charge in [0, 0.05) is 13.4 Å². The van der Waals surface area contributed by atoms with Gasteiger partial charge in [-0.2, -0.15) is 0 Å². The highest BCUT2D eigenvalue weighted by Gasteiger charge is 2.05. The summed E-state index contributed by atoms with van der Waals surface area (Å²) in [6, 6.07) is 0. The van der Waals surface area contributed by atoms with E-state index in [0.29, 0.717) is 13.2 Å². The van der Waals surface area contributed by atoms with Crippen molar-refractivity contribution in [2.24, 2.45) is 0 Å². The molecule has 0 rings (SSSR count). The summed E-state index contributed by atoms with van der Waals surface area (Å²) in [5.74, 6) is -0.0135. The summed E-state index contributed by atoms with van der Waals surface area (Å²) in [5, 5.41) is 0. The molecule has 0 unspecified atom stereocenters. The molecule has 0 N–H and O–H groups in total. The number of hydrogen-bond donors (Lipinski definition) is 0. The Labute approximate surface area is 107 Å². The maximum atomic E-state index is 11.0. The Morgan fingerprint density at radius 1 is 1.00 bits per heavy atom. The second-order valence-electron chi connectivity index (χ2n) is 3.54. The highest BCUT2D eigenvalue weighted by molar-refractivity contribution is 7.90. The van der Waals surface area contributed by atoms with Crippen LogP contribution in [0.2, 0.25) is 0 Å². The summed E-state index contributed by atoms with van der Waals surface area (Å²) in [4.78, 5) is 11.0. The number of rotatable bonds is 10. The van der Waals surface area contributed by atoms with Crippen molar-refractivity contribution in [3.8, 4) is 0 Å². The molecule has 0 atom stereocenters. The van der Waals surface area contributed by atoms with Crippen molar-refractivity contribution >= 4 is 16.0 Å². The third-order valence-electron chi connectivity index (χ3n) is 1.76. The first kappa shape index (κ1) is 17.1. The minimum absolute atomic E-state index is 0.0135. The topological polar surface area (TPSA) is 88.1 Å². The van der Waals surface area contributed by atoms with E-state index >= 15 is 0 Å². The number of hydrogen-bond acceptors (Lipinski definition) is 7. The van der Waals surface area contributed by atoms with Crippen LogP contribution in [0.4, 0.5) is 4.79 Å². The van der Waals surface area contributed by atoms with Crippen LogP contribution >= 0.6 is 0 Å². The zero-order valence-corrected chi connectivity index (χ0v) is 11.5. The molecular weight excluding hydrogens is 264 g/mol. The van der Waals surface area contributed by atoms with Gasteiger partial charge in [0.05, 0.1) is 32.2 Å². The lowest BCUT2D eigenvalue weighted by molar-refractivity contribution is 0.0157. The first-order valence-corrected chi connectivity index (χ1v) is 7.55. The van der Waals surface area contributed by atoms with Crippen LogP contribution in [0.1, 0.15) is 6.42 Å². The van der Waals surface area contributed by atoms with E-state index in [1.165, 1.54) is 0 Å². The fourth-order valence-corrected chi connectivity index (χ4v) is 1.59. The number of ether oxygens (including phenoxy) is 4. The maximum Gasteiger partial charge on any atom is 0.508 e. The molecule has 0 aromatic rings. The molecule has 0 aliphatic rings. The minimum Gasteiger partial charge on any atom is -0.434 e. The second-order valence-corrected chi connectivity index (χ2v) is 5.80. The van der Waals surface area contributed by atoms with E-state index < -0.39 is 16.0 Å². The minimum atomic E-state index is -3.02. The molecule has 0 aliphatic carbocycles. The first-order valence-electron chi connectivity index (χ1n) is 5.49. The lowest BCUT2D eigenvalue weighted by Crippen LogP contribution is -2.15. The van der Waals surface area contributed by atoms with Crippen molar-refractivity contribution in [2.45, 2.75) is 6.42 Å². The summed E-state index contributed by atoms with van der Waals surface area (Å²) >= 11 is 0. The Hall–Kier alpha value is -0.860. The lowest BCUT2D eigenvalue weighted by Gasteiger charge is -2.06. The van der Waals surface area contributed by atoms with Crippen LogP contribution in [-0.2, 0) is 28.8 Å². The number of methoxy groups -OCH3 is 1. The first-order chi connectivity index (χ1) is 8.45. The molecule has 0 aromatic heterocycles. The average molecular weight is 284 g/mol. The van der Waals surface area contributed by atoms with Crippen molar-refractivity contribution in [3.63, 3.8) is 0 Å². The molecule has 0 aromatic carbocycles. The van der Waals surface area contributed by atoms with E-state index in [9.17, 15) is 13.2 Å². The van der Waals surface area contributed by atoms with Crippen LogP contribution in [0.15, 0.2) is 0 Å². The maximum absolute atomic E-state index is 11.0.